The Morgan fingerprint density at radius 3 is 1.93 bits per heavy atom. The number of benzene rings is 1. The number of nitrogens with zero attached hydrogens (tertiary/aromatic N) is 2. The summed E-state index contributed by atoms with van der Waals surface area (Å²) in [6, 6.07) is 7.57. The summed E-state index contributed by atoms with van der Waals surface area (Å²) < 4.78 is 21.2. The van der Waals surface area contributed by atoms with Crippen molar-refractivity contribution in [3.05, 3.63) is 41.6 Å². The number of nitrogens with one attached hydrogen (secondary N) is 2. The van der Waals surface area contributed by atoms with Gasteiger partial charge in [0.15, 0.2) is 17.5 Å². The standard InChI is InChI=1S/C19H26N4O4.HI/c1-20-19(22-11-13-6-7-17(26-4)21-10-13)23-12-14-8-15(24-2)18(27-5)16(9-14)25-3;/h6-10H,11-12H2,1-5H3,(H2,20,22,23);1H. The SMILES string of the molecule is CN=C(NCc1ccc(OC)nc1)NCc1cc(OC)c(OC)c(OC)c1.I. The minimum absolute atomic E-state index is 0. The quantitative estimate of drug-likeness (QED) is 0.326. The second kappa shape index (κ2) is 12.1. The molecule has 1 aromatic carbocycles. The van der Waals surface area contributed by atoms with Crippen LogP contribution in [0.5, 0.6) is 23.1 Å². The molecule has 0 aliphatic carbocycles. The summed E-state index contributed by atoms with van der Waals surface area (Å²) in [6.45, 7) is 1.13. The first-order valence-electron chi connectivity index (χ1n) is 8.37. The average Bonchev–Trinajstić information content (AvgIpc) is 2.73. The van der Waals surface area contributed by atoms with Gasteiger partial charge in [-0.15, -0.1) is 24.0 Å². The molecule has 0 amide bonds. The third-order valence-electron chi connectivity index (χ3n) is 3.87. The first-order chi connectivity index (χ1) is 13.1. The first kappa shape index (κ1) is 23.6. The molecule has 0 saturated carbocycles. The number of hydrogen-bond acceptors (Lipinski definition) is 6. The van der Waals surface area contributed by atoms with Crippen LogP contribution in [0.15, 0.2) is 35.5 Å². The van der Waals surface area contributed by atoms with E-state index in [1.165, 1.54) is 0 Å². The Morgan fingerprint density at radius 2 is 1.50 bits per heavy atom. The number of rotatable bonds is 8. The molecule has 154 valence electrons. The largest absolute Gasteiger partial charge is 0.493 e. The Bertz CT molecular complexity index is 744. The van der Waals surface area contributed by atoms with E-state index >= 15 is 0 Å². The third-order valence-corrected chi connectivity index (χ3v) is 3.87. The Kier molecular flexibility index (Phi) is 10.2. The number of guanidine groups is 1. The molecule has 0 fully saturated rings. The van der Waals surface area contributed by atoms with Crippen LogP contribution >= 0.6 is 24.0 Å². The molecule has 2 rings (SSSR count). The van der Waals surface area contributed by atoms with Crippen molar-refractivity contribution in [2.24, 2.45) is 4.99 Å². The van der Waals surface area contributed by atoms with Crippen LogP contribution < -0.4 is 29.6 Å². The van der Waals surface area contributed by atoms with Crippen molar-refractivity contribution in [1.29, 1.82) is 0 Å². The van der Waals surface area contributed by atoms with Crippen LogP contribution in [-0.4, -0.2) is 46.4 Å². The van der Waals surface area contributed by atoms with Gasteiger partial charge in [-0.25, -0.2) is 4.98 Å². The van der Waals surface area contributed by atoms with E-state index in [0.717, 1.165) is 11.1 Å². The molecule has 2 N–H and O–H groups in total. The van der Waals surface area contributed by atoms with Gasteiger partial charge in [-0.2, -0.15) is 0 Å². The number of methoxy groups -OCH3 is 4. The van der Waals surface area contributed by atoms with Crippen LogP contribution in [0.2, 0.25) is 0 Å². The molecule has 9 heteroatoms. The van der Waals surface area contributed by atoms with Crippen molar-refractivity contribution in [3.63, 3.8) is 0 Å². The molecule has 0 spiro atoms. The predicted molar refractivity (Wildman–Crippen MR) is 119 cm³/mol. The van der Waals surface area contributed by atoms with E-state index < -0.39 is 0 Å². The molecule has 28 heavy (non-hydrogen) atoms. The molecule has 2 aromatic rings. The number of aliphatic imine (C=N–C) groups is 1. The highest BCUT2D eigenvalue weighted by molar-refractivity contribution is 14.0. The van der Waals surface area contributed by atoms with Crippen LogP contribution in [0.3, 0.4) is 0 Å². The molecule has 0 unspecified atom stereocenters. The highest BCUT2D eigenvalue weighted by atomic mass is 127. The smallest absolute Gasteiger partial charge is 0.212 e. The maximum Gasteiger partial charge on any atom is 0.212 e. The topological polar surface area (TPSA) is 86.2 Å². The molecular weight excluding hydrogens is 475 g/mol. The number of hydrogen-bond donors (Lipinski definition) is 2. The normalized spacial score (nSPS) is 10.5. The lowest BCUT2D eigenvalue weighted by Crippen LogP contribution is -2.36. The lowest BCUT2D eigenvalue weighted by molar-refractivity contribution is 0.323. The van der Waals surface area contributed by atoms with Crippen molar-refractivity contribution in [1.82, 2.24) is 15.6 Å². The highest BCUT2D eigenvalue weighted by Gasteiger charge is 2.13. The second-order valence-corrected chi connectivity index (χ2v) is 5.52. The van der Waals surface area contributed by atoms with E-state index in [1.54, 1.807) is 41.7 Å². The van der Waals surface area contributed by atoms with E-state index in [0.29, 0.717) is 42.2 Å². The van der Waals surface area contributed by atoms with Gasteiger partial charge in [0.25, 0.3) is 0 Å². The fourth-order valence-electron chi connectivity index (χ4n) is 2.47. The number of pyridine rings is 1. The zero-order chi connectivity index (χ0) is 19.6. The lowest BCUT2D eigenvalue weighted by Gasteiger charge is -2.16. The zero-order valence-corrected chi connectivity index (χ0v) is 19.1. The van der Waals surface area contributed by atoms with E-state index in [2.05, 4.69) is 20.6 Å². The van der Waals surface area contributed by atoms with Gasteiger partial charge < -0.3 is 29.6 Å². The van der Waals surface area contributed by atoms with Gasteiger partial charge in [0.2, 0.25) is 11.6 Å². The minimum Gasteiger partial charge on any atom is -0.493 e. The molecule has 1 heterocycles. The van der Waals surface area contributed by atoms with Crippen LogP contribution in [0, 0.1) is 0 Å². The van der Waals surface area contributed by atoms with Gasteiger partial charge in [-0.1, -0.05) is 6.07 Å². The van der Waals surface area contributed by atoms with Crippen molar-refractivity contribution >= 4 is 29.9 Å². The molecule has 0 atom stereocenters. The van der Waals surface area contributed by atoms with Crippen molar-refractivity contribution in [3.8, 4) is 23.1 Å². The zero-order valence-electron chi connectivity index (χ0n) is 16.7. The maximum absolute atomic E-state index is 5.38. The van der Waals surface area contributed by atoms with Crippen molar-refractivity contribution < 1.29 is 18.9 Å². The van der Waals surface area contributed by atoms with Gasteiger partial charge in [0.05, 0.1) is 28.4 Å². The second-order valence-electron chi connectivity index (χ2n) is 5.52. The average molecular weight is 502 g/mol. The van der Waals surface area contributed by atoms with E-state index in [4.69, 9.17) is 18.9 Å². The van der Waals surface area contributed by atoms with Gasteiger partial charge in [-0.05, 0) is 23.3 Å². The molecule has 1 aromatic heterocycles. The molecule has 0 radical (unpaired) electrons. The van der Waals surface area contributed by atoms with Crippen LogP contribution in [0.25, 0.3) is 0 Å². The number of aromatic nitrogens is 1. The van der Waals surface area contributed by atoms with Crippen LogP contribution in [0.4, 0.5) is 0 Å². The third kappa shape index (κ3) is 6.32. The van der Waals surface area contributed by atoms with Crippen LogP contribution in [-0.2, 0) is 13.1 Å². The fraction of sp³-hybridized carbons (Fsp3) is 0.368. The van der Waals surface area contributed by atoms with Gasteiger partial charge in [-0.3, -0.25) is 4.99 Å². The summed E-state index contributed by atoms with van der Waals surface area (Å²) in [5.74, 6) is 3.04. The Hall–Kier alpha value is -2.43. The Labute approximate surface area is 182 Å². The number of halogens is 1. The van der Waals surface area contributed by atoms with Gasteiger partial charge in [0.1, 0.15) is 0 Å². The molecule has 8 nitrogen and oxygen atoms in total. The summed E-state index contributed by atoms with van der Waals surface area (Å²) in [5, 5.41) is 6.50. The number of ether oxygens (including phenoxy) is 4. The molecule has 0 bridgehead atoms. The Morgan fingerprint density at radius 1 is 0.893 bits per heavy atom. The van der Waals surface area contributed by atoms with E-state index in [9.17, 15) is 0 Å². The predicted octanol–water partition coefficient (Wildman–Crippen LogP) is 2.60. The molecule has 0 aliphatic rings. The van der Waals surface area contributed by atoms with Crippen LogP contribution in [0.1, 0.15) is 11.1 Å². The van der Waals surface area contributed by atoms with Gasteiger partial charge in [0, 0.05) is 32.4 Å². The summed E-state index contributed by atoms with van der Waals surface area (Å²) in [5.41, 5.74) is 1.99. The fourth-order valence-corrected chi connectivity index (χ4v) is 2.47. The van der Waals surface area contributed by atoms with E-state index in [-0.39, 0.29) is 24.0 Å². The van der Waals surface area contributed by atoms with Gasteiger partial charge >= 0.3 is 0 Å². The molecule has 0 saturated heterocycles. The van der Waals surface area contributed by atoms with E-state index in [1.807, 2.05) is 24.3 Å². The first-order valence-corrected chi connectivity index (χ1v) is 8.37. The lowest BCUT2D eigenvalue weighted by atomic mass is 10.2. The Balaban J connectivity index is 0.00000392. The highest BCUT2D eigenvalue weighted by Crippen LogP contribution is 2.38. The summed E-state index contributed by atoms with van der Waals surface area (Å²) in [6.07, 6.45) is 1.76. The summed E-state index contributed by atoms with van der Waals surface area (Å²) in [7, 11) is 8.08. The van der Waals surface area contributed by atoms with Crippen molar-refractivity contribution in [2.75, 3.05) is 35.5 Å². The molecule has 0 aliphatic heterocycles. The van der Waals surface area contributed by atoms with Crippen molar-refractivity contribution in [2.45, 2.75) is 13.1 Å². The monoisotopic (exact) mass is 502 g/mol. The maximum atomic E-state index is 5.38. The summed E-state index contributed by atoms with van der Waals surface area (Å²) in [4.78, 5) is 8.42. The summed E-state index contributed by atoms with van der Waals surface area (Å²) >= 11 is 0. The molecular formula is C19H27IN4O4. The minimum atomic E-state index is 0.